The van der Waals surface area contributed by atoms with Crippen LogP contribution in [0.25, 0.3) is 21.5 Å². The second kappa shape index (κ2) is 3.09. The van der Waals surface area contributed by atoms with Crippen molar-refractivity contribution in [2.24, 2.45) is 0 Å². The molecule has 0 aliphatic heterocycles. The number of benzene rings is 3. The highest BCUT2D eigenvalue weighted by Crippen LogP contribution is 2.26. The Hall–Kier alpha value is -1.82. The van der Waals surface area contributed by atoms with Crippen LogP contribution in [0.2, 0.25) is 0 Å². The van der Waals surface area contributed by atoms with Crippen molar-refractivity contribution in [3.8, 4) is 0 Å². The van der Waals surface area contributed by atoms with Crippen LogP contribution in [0, 0.1) is 6.92 Å². The maximum Gasteiger partial charge on any atom is -0.0103 e. The smallest absolute Gasteiger partial charge is 0.0103 e. The Morgan fingerprint density at radius 3 is 2.33 bits per heavy atom. The molecule has 0 saturated carbocycles. The molecular weight excluding hydrogens is 180 g/mol. The van der Waals surface area contributed by atoms with E-state index in [4.69, 9.17) is 0 Å². The third kappa shape index (κ3) is 1.22. The predicted molar refractivity (Wildman–Crippen MR) is 65.9 cm³/mol. The molecule has 71 valence electrons. The van der Waals surface area contributed by atoms with E-state index in [9.17, 15) is 0 Å². The minimum atomic E-state index is 1.10. The van der Waals surface area contributed by atoms with Gasteiger partial charge >= 0.3 is 0 Å². The number of hydrogen-bond acceptors (Lipinski definition) is 0. The van der Waals surface area contributed by atoms with Gasteiger partial charge in [-0.05, 0) is 34.0 Å². The van der Waals surface area contributed by atoms with Crippen molar-refractivity contribution in [1.29, 1.82) is 0 Å². The first-order valence-corrected chi connectivity index (χ1v) is 5.09. The van der Waals surface area contributed by atoms with E-state index in [1.807, 2.05) is 0 Å². The first-order valence-electron chi connectivity index (χ1n) is 5.09. The molecule has 3 aromatic carbocycles. The molecule has 0 spiro atoms. The van der Waals surface area contributed by atoms with Crippen LogP contribution >= 0.6 is 0 Å². The lowest BCUT2D eigenvalue weighted by atomic mass is 9.99. The minimum Gasteiger partial charge on any atom is -0.0616 e. The molecule has 1 radical (unpaired) electrons. The van der Waals surface area contributed by atoms with Gasteiger partial charge in [0.15, 0.2) is 0 Å². The van der Waals surface area contributed by atoms with E-state index >= 15 is 0 Å². The first kappa shape index (κ1) is 8.49. The van der Waals surface area contributed by atoms with E-state index in [0.29, 0.717) is 0 Å². The molecule has 0 amide bonds. The number of fused-ring (bicyclic) bond motifs is 3. The fraction of sp³-hybridized carbons (Fsp3) is 0. The summed E-state index contributed by atoms with van der Waals surface area (Å²) in [6.07, 6.45) is 0. The van der Waals surface area contributed by atoms with Crippen molar-refractivity contribution in [2.75, 3.05) is 0 Å². The molecule has 0 saturated heterocycles. The zero-order valence-corrected chi connectivity index (χ0v) is 8.40. The van der Waals surface area contributed by atoms with Crippen molar-refractivity contribution in [3.05, 3.63) is 67.1 Å². The molecule has 0 nitrogen and oxygen atoms in total. The van der Waals surface area contributed by atoms with E-state index < -0.39 is 0 Å². The highest BCUT2D eigenvalue weighted by molar-refractivity contribution is 6.08. The Balaban J connectivity index is 2.60. The van der Waals surface area contributed by atoms with Gasteiger partial charge in [0, 0.05) is 0 Å². The molecule has 0 aliphatic rings. The summed E-state index contributed by atoms with van der Waals surface area (Å²) in [7, 11) is 0. The van der Waals surface area contributed by atoms with Crippen LogP contribution in [0.4, 0.5) is 0 Å². The molecule has 0 heteroatoms. The molecule has 15 heavy (non-hydrogen) atoms. The van der Waals surface area contributed by atoms with Crippen LogP contribution in [0.3, 0.4) is 0 Å². The van der Waals surface area contributed by atoms with Crippen LogP contribution < -0.4 is 0 Å². The molecule has 0 unspecified atom stereocenters. The zero-order chi connectivity index (χ0) is 10.3. The summed E-state index contributed by atoms with van der Waals surface area (Å²) in [4.78, 5) is 0. The molecule has 0 aliphatic carbocycles. The number of hydrogen-bond donors (Lipinski definition) is 0. The summed E-state index contributed by atoms with van der Waals surface area (Å²) in [5.41, 5.74) is 1.10. The average molecular weight is 191 g/mol. The van der Waals surface area contributed by atoms with Crippen molar-refractivity contribution >= 4 is 21.5 Å². The van der Waals surface area contributed by atoms with Crippen molar-refractivity contribution < 1.29 is 0 Å². The normalized spacial score (nSPS) is 11.0. The van der Waals surface area contributed by atoms with E-state index in [2.05, 4.69) is 61.5 Å². The molecule has 3 aromatic rings. The minimum absolute atomic E-state index is 1.10. The second-order valence-electron chi connectivity index (χ2n) is 3.80. The van der Waals surface area contributed by atoms with Crippen LogP contribution in [0.5, 0.6) is 0 Å². The highest BCUT2D eigenvalue weighted by Gasteiger charge is 2.00. The predicted octanol–water partition coefficient (Wildman–Crippen LogP) is 4.18. The zero-order valence-electron chi connectivity index (χ0n) is 8.40. The Bertz CT molecular complexity index is 636. The maximum atomic E-state index is 4.06. The monoisotopic (exact) mass is 191 g/mol. The van der Waals surface area contributed by atoms with Crippen molar-refractivity contribution in [3.63, 3.8) is 0 Å². The van der Waals surface area contributed by atoms with Gasteiger partial charge in [-0.1, -0.05) is 54.6 Å². The maximum absolute atomic E-state index is 4.06. The van der Waals surface area contributed by atoms with Gasteiger partial charge in [-0.25, -0.2) is 0 Å². The van der Waals surface area contributed by atoms with Gasteiger partial charge in [0.05, 0.1) is 0 Å². The molecule has 0 fully saturated rings. The average Bonchev–Trinajstić information content (AvgIpc) is 2.29. The van der Waals surface area contributed by atoms with Gasteiger partial charge in [0.25, 0.3) is 0 Å². The summed E-state index contributed by atoms with van der Waals surface area (Å²) >= 11 is 0. The van der Waals surface area contributed by atoms with E-state index in [1.165, 1.54) is 21.5 Å². The summed E-state index contributed by atoms with van der Waals surface area (Å²) in [5, 5.41) is 5.13. The van der Waals surface area contributed by atoms with Crippen LogP contribution in [-0.4, -0.2) is 0 Å². The Labute approximate surface area is 89.2 Å². The lowest BCUT2D eigenvalue weighted by Crippen LogP contribution is -1.80. The summed E-state index contributed by atoms with van der Waals surface area (Å²) in [5.74, 6) is 0. The first-order chi connectivity index (χ1) is 7.36. The fourth-order valence-electron chi connectivity index (χ4n) is 2.11. The lowest BCUT2D eigenvalue weighted by molar-refractivity contribution is 1.69. The largest absolute Gasteiger partial charge is 0.0616 e. The summed E-state index contributed by atoms with van der Waals surface area (Å²) < 4.78 is 0. The van der Waals surface area contributed by atoms with Crippen LogP contribution in [0.15, 0.2) is 54.6 Å². The third-order valence-corrected chi connectivity index (χ3v) is 2.88. The molecule has 3 rings (SSSR count). The Kier molecular flexibility index (Phi) is 1.75. The van der Waals surface area contributed by atoms with Gasteiger partial charge < -0.3 is 0 Å². The van der Waals surface area contributed by atoms with E-state index in [1.54, 1.807) is 0 Å². The third-order valence-electron chi connectivity index (χ3n) is 2.88. The van der Waals surface area contributed by atoms with Gasteiger partial charge in [-0.15, -0.1) is 0 Å². The van der Waals surface area contributed by atoms with E-state index in [0.717, 1.165) is 5.56 Å². The van der Waals surface area contributed by atoms with Gasteiger partial charge in [-0.3, -0.25) is 0 Å². The Morgan fingerprint density at radius 1 is 0.600 bits per heavy atom. The molecule has 0 aromatic heterocycles. The fourth-order valence-corrected chi connectivity index (χ4v) is 2.11. The standard InChI is InChI=1S/C15H11/c1-11-5-4-8-15-13(11)10-9-12-6-2-3-7-14(12)15/h2-10H,1H2. The quantitative estimate of drug-likeness (QED) is 0.468. The highest BCUT2D eigenvalue weighted by atomic mass is 14.0. The van der Waals surface area contributed by atoms with Crippen LogP contribution in [-0.2, 0) is 0 Å². The summed E-state index contributed by atoms with van der Waals surface area (Å²) in [6, 6.07) is 19.0. The van der Waals surface area contributed by atoms with E-state index in [-0.39, 0.29) is 0 Å². The number of rotatable bonds is 0. The molecular formula is C15H11. The van der Waals surface area contributed by atoms with Crippen molar-refractivity contribution in [2.45, 2.75) is 0 Å². The van der Waals surface area contributed by atoms with Crippen molar-refractivity contribution in [1.82, 2.24) is 0 Å². The second-order valence-corrected chi connectivity index (χ2v) is 3.80. The lowest BCUT2D eigenvalue weighted by Gasteiger charge is -2.05. The molecule has 0 atom stereocenters. The van der Waals surface area contributed by atoms with Gasteiger partial charge in [-0.2, -0.15) is 0 Å². The Morgan fingerprint density at radius 2 is 1.40 bits per heavy atom. The van der Waals surface area contributed by atoms with Gasteiger partial charge in [0.2, 0.25) is 0 Å². The SMILES string of the molecule is [CH2]c1cccc2c1ccc1ccccc12. The van der Waals surface area contributed by atoms with Crippen LogP contribution in [0.1, 0.15) is 5.56 Å². The van der Waals surface area contributed by atoms with Gasteiger partial charge in [0.1, 0.15) is 0 Å². The molecule has 0 N–H and O–H groups in total. The molecule has 0 bridgehead atoms. The summed E-state index contributed by atoms with van der Waals surface area (Å²) in [6.45, 7) is 4.06. The molecule has 0 heterocycles. The topological polar surface area (TPSA) is 0 Å².